The molecule has 0 saturated carbocycles. The maximum atomic E-state index is 6.17. The molecule has 0 aliphatic rings. The van der Waals surface area contributed by atoms with Gasteiger partial charge in [-0.3, -0.25) is 0 Å². The van der Waals surface area contributed by atoms with E-state index in [1.165, 1.54) is 5.56 Å². The summed E-state index contributed by atoms with van der Waals surface area (Å²) < 4.78 is 10.6. The largest absolute Gasteiger partial charge is 0.493 e. The number of halogens is 2. The Morgan fingerprint density at radius 1 is 0.769 bits per heavy atom. The summed E-state index contributed by atoms with van der Waals surface area (Å²) in [6.45, 7) is 3.64. The fourth-order valence-corrected chi connectivity index (χ4v) is 3.15. The Hall–Kier alpha value is -1.46. The maximum Gasteiger partial charge on any atom is 0.160 e. The Kier molecular flexibility index (Phi) is 9.06. The molecule has 0 unspecified atom stereocenters. The van der Waals surface area contributed by atoms with Gasteiger partial charge < -0.3 is 20.1 Å². The first-order valence-electron chi connectivity index (χ1n) is 8.70. The zero-order chi connectivity index (χ0) is 18.8. The molecule has 2 aromatic rings. The zero-order valence-electron chi connectivity index (χ0n) is 15.3. The SMILES string of the molecule is COc1ccc(CCNCCNCCc2ccc(Cl)cc2Cl)cc1OC. The molecule has 0 atom stereocenters. The summed E-state index contributed by atoms with van der Waals surface area (Å²) >= 11 is 12.1. The van der Waals surface area contributed by atoms with Gasteiger partial charge in [0.15, 0.2) is 11.5 Å². The summed E-state index contributed by atoms with van der Waals surface area (Å²) in [7, 11) is 3.30. The van der Waals surface area contributed by atoms with Gasteiger partial charge in [0.05, 0.1) is 14.2 Å². The van der Waals surface area contributed by atoms with Crippen LogP contribution in [0.25, 0.3) is 0 Å². The highest BCUT2D eigenvalue weighted by atomic mass is 35.5. The molecule has 0 heterocycles. The molecule has 0 amide bonds. The van der Waals surface area contributed by atoms with Crippen molar-refractivity contribution < 1.29 is 9.47 Å². The quantitative estimate of drug-likeness (QED) is 0.563. The Morgan fingerprint density at radius 2 is 1.46 bits per heavy atom. The number of hydrogen-bond donors (Lipinski definition) is 2. The monoisotopic (exact) mass is 396 g/mol. The van der Waals surface area contributed by atoms with E-state index < -0.39 is 0 Å². The first kappa shape index (κ1) is 20.8. The highest BCUT2D eigenvalue weighted by molar-refractivity contribution is 6.35. The molecular weight excluding hydrogens is 371 g/mol. The summed E-state index contributed by atoms with van der Waals surface area (Å²) in [5.41, 5.74) is 2.34. The molecule has 0 aliphatic carbocycles. The van der Waals surface area contributed by atoms with Crippen LogP contribution in [-0.4, -0.2) is 40.4 Å². The summed E-state index contributed by atoms with van der Waals surface area (Å²) in [6.07, 6.45) is 1.84. The average Bonchev–Trinajstić information content (AvgIpc) is 2.65. The van der Waals surface area contributed by atoms with Crippen molar-refractivity contribution in [3.63, 3.8) is 0 Å². The number of hydrogen-bond acceptors (Lipinski definition) is 4. The lowest BCUT2D eigenvalue weighted by atomic mass is 10.1. The first-order valence-corrected chi connectivity index (χ1v) is 9.46. The van der Waals surface area contributed by atoms with Crippen molar-refractivity contribution in [2.24, 2.45) is 0 Å². The molecule has 0 radical (unpaired) electrons. The molecule has 2 aromatic carbocycles. The fraction of sp³-hybridized carbons (Fsp3) is 0.400. The molecule has 2 rings (SSSR count). The molecule has 4 nitrogen and oxygen atoms in total. The second-order valence-electron chi connectivity index (χ2n) is 5.93. The van der Waals surface area contributed by atoms with Gasteiger partial charge in [-0.1, -0.05) is 35.3 Å². The van der Waals surface area contributed by atoms with Crippen LogP contribution in [0.1, 0.15) is 11.1 Å². The topological polar surface area (TPSA) is 42.5 Å². The minimum absolute atomic E-state index is 0.672. The Labute approximate surface area is 165 Å². The summed E-state index contributed by atoms with van der Waals surface area (Å²) in [5.74, 6) is 1.53. The molecular formula is C20H26Cl2N2O2. The number of benzene rings is 2. The highest BCUT2D eigenvalue weighted by Gasteiger charge is 2.04. The zero-order valence-corrected chi connectivity index (χ0v) is 16.8. The van der Waals surface area contributed by atoms with Crippen molar-refractivity contribution in [3.8, 4) is 11.5 Å². The molecule has 0 saturated heterocycles. The molecule has 0 bridgehead atoms. The number of rotatable bonds is 11. The molecule has 142 valence electrons. The Balaban J connectivity index is 1.58. The molecule has 0 spiro atoms. The van der Waals surface area contributed by atoms with Crippen molar-refractivity contribution in [3.05, 3.63) is 57.6 Å². The molecule has 2 N–H and O–H groups in total. The van der Waals surface area contributed by atoms with Crippen LogP contribution >= 0.6 is 23.2 Å². The fourth-order valence-electron chi connectivity index (χ4n) is 2.64. The van der Waals surface area contributed by atoms with Crippen LogP contribution in [0.2, 0.25) is 10.0 Å². The van der Waals surface area contributed by atoms with Gasteiger partial charge in [-0.25, -0.2) is 0 Å². The van der Waals surface area contributed by atoms with Gasteiger partial charge in [-0.15, -0.1) is 0 Å². The van der Waals surface area contributed by atoms with Crippen LogP contribution in [0.4, 0.5) is 0 Å². The standard InChI is InChI=1S/C20H26Cl2N2O2/c1-25-19-6-3-15(13-20(19)26-2)7-9-23-11-12-24-10-8-16-4-5-17(21)14-18(16)22/h3-6,13-14,23-24H,7-12H2,1-2H3. The van der Waals surface area contributed by atoms with Crippen molar-refractivity contribution >= 4 is 23.2 Å². The Morgan fingerprint density at radius 3 is 2.12 bits per heavy atom. The average molecular weight is 397 g/mol. The van der Waals surface area contributed by atoms with E-state index in [0.29, 0.717) is 5.02 Å². The third kappa shape index (κ3) is 6.69. The second-order valence-corrected chi connectivity index (χ2v) is 6.77. The minimum Gasteiger partial charge on any atom is -0.493 e. The minimum atomic E-state index is 0.672. The van der Waals surface area contributed by atoms with Crippen molar-refractivity contribution in [2.45, 2.75) is 12.8 Å². The van der Waals surface area contributed by atoms with E-state index in [4.69, 9.17) is 32.7 Å². The van der Waals surface area contributed by atoms with E-state index in [9.17, 15) is 0 Å². The van der Waals surface area contributed by atoms with E-state index in [-0.39, 0.29) is 0 Å². The Bertz CT molecular complexity index is 696. The van der Waals surface area contributed by atoms with Crippen LogP contribution in [0, 0.1) is 0 Å². The third-order valence-electron chi connectivity index (χ3n) is 4.10. The van der Waals surface area contributed by atoms with Crippen LogP contribution in [0.15, 0.2) is 36.4 Å². The lowest BCUT2D eigenvalue weighted by molar-refractivity contribution is 0.354. The predicted molar refractivity (Wildman–Crippen MR) is 109 cm³/mol. The van der Waals surface area contributed by atoms with E-state index in [2.05, 4.69) is 16.7 Å². The van der Waals surface area contributed by atoms with E-state index in [1.54, 1.807) is 20.3 Å². The van der Waals surface area contributed by atoms with Gasteiger partial charge >= 0.3 is 0 Å². The number of ether oxygens (including phenoxy) is 2. The highest BCUT2D eigenvalue weighted by Crippen LogP contribution is 2.27. The smallest absolute Gasteiger partial charge is 0.160 e. The summed E-state index contributed by atoms with van der Waals surface area (Å²) in [6, 6.07) is 11.7. The predicted octanol–water partition coefficient (Wildman–Crippen LogP) is 3.98. The van der Waals surface area contributed by atoms with Crippen LogP contribution in [-0.2, 0) is 12.8 Å². The first-order chi connectivity index (χ1) is 12.6. The lowest BCUT2D eigenvalue weighted by Crippen LogP contribution is -2.29. The normalized spacial score (nSPS) is 10.8. The molecule has 6 heteroatoms. The van der Waals surface area contributed by atoms with E-state index in [0.717, 1.165) is 61.1 Å². The van der Waals surface area contributed by atoms with Crippen LogP contribution in [0.5, 0.6) is 11.5 Å². The van der Waals surface area contributed by atoms with Gasteiger partial charge in [0.2, 0.25) is 0 Å². The lowest BCUT2D eigenvalue weighted by Gasteiger charge is -2.10. The van der Waals surface area contributed by atoms with Gasteiger partial charge in [-0.2, -0.15) is 0 Å². The summed E-state index contributed by atoms with van der Waals surface area (Å²) in [4.78, 5) is 0. The summed E-state index contributed by atoms with van der Waals surface area (Å²) in [5, 5.41) is 8.26. The third-order valence-corrected chi connectivity index (χ3v) is 4.69. The maximum absolute atomic E-state index is 6.17. The molecule has 26 heavy (non-hydrogen) atoms. The van der Waals surface area contributed by atoms with Crippen LogP contribution in [0.3, 0.4) is 0 Å². The van der Waals surface area contributed by atoms with Crippen molar-refractivity contribution in [2.75, 3.05) is 40.4 Å². The number of methoxy groups -OCH3 is 2. The second kappa shape index (κ2) is 11.3. The van der Waals surface area contributed by atoms with Crippen molar-refractivity contribution in [1.82, 2.24) is 10.6 Å². The molecule has 0 fully saturated rings. The van der Waals surface area contributed by atoms with Gasteiger partial charge in [-0.05, 0) is 61.3 Å². The number of nitrogens with one attached hydrogen (secondary N) is 2. The van der Waals surface area contributed by atoms with Gasteiger partial charge in [0.1, 0.15) is 0 Å². The molecule has 0 aromatic heterocycles. The van der Waals surface area contributed by atoms with Gasteiger partial charge in [0.25, 0.3) is 0 Å². The van der Waals surface area contributed by atoms with E-state index >= 15 is 0 Å². The molecule has 0 aliphatic heterocycles. The van der Waals surface area contributed by atoms with Gasteiger partial charge in [0, 0.05) is 23.1 Å². The van der Waals surface area contributed by atoms with E-state index in [1.807, 2.05) is 24.3 Å². The van der Waals surface area contributed by atoms with Crippen molar-refractivity contribution in [1.29, 1.82) is 0 Å². The van der Waals surface area contributed by atoms with Crippen LogP contribution < -0.4 is 20.1 Å².